The van der Waals surface area contributed by atoms with E-state index in [1.54, 1.807) is 0 Å². The quantitative estimate of drug-likeness (QED) is 0.870. The topological polar surface area (TPSA) is 97.2 Å². The first kappa shape index (κ1) is 14.4. The van der Waals surface area contributed by atoms with Crippen LogP contribution in [0, 0.1) is 12.8 Å². The minimum Gasteiger partial charge on any atom is -0.481 e. The van der Waals surface area contributed by atoms with Crippen LogP contribution in [-0.2, 0) is 27.5 Å². The van der Waals surface area contributed by atoms with E-state index in [4.69, 9.17) is 5.11 Å². The Labute approximate surface area is 123 Å². The zero-order valence-electron chi connectivity index (χ0n) is 11.9. The average molecular weight is 310 g/mol. The summed E-state index contributed by atoms with van der Waals surface area (Å²) in [6, 6.07) is 0. The Morgan fingerprint density at radius 2 is 2.05 bits per heavy atom. The van der Waals surface area contributed by atoms with Crippen molar-refractivity contribution in [3.05, 3.63) is 22.8 Å². The third kappa shape index (κ3) is 2.79. The van der Waals surface area contributed by atoms with Crippen LogP contribution in [0.5, 0.6) is 0 Å². The molecular weight excluding hydrogens is 292 g/mol. The third-order valence-electron chi connectivity index (χ3n) is 4.44. The molecule has 21 heavy (non-hydrogen) atoms. The van der Waals surface area contributed by atoms with Gasteiger partial charge in [-0.05, 0) is 38.2 Å². The van der Waals surface area contributed by atoms with E-state index in [2.05, 4.69) is 9.97 Å². The first-order valence-electron chi connectivity index (χ1n) is 7.15. The lowest BCUT2D eigenvalue weighted by atomic mass is 9.85. The predicted molar refractivity (Wildman–Crippen MR) is 75.9 cm³/mol. The number of fused-ring (bicyclic) bond motifs is 1. The van der Waals surface area contributed by atoms with Crippen molar-refractivity contribution in [3.8, 4) is 0 Å². The maximum Gasteiger partial charge on any atom is 0.306 e. The van der Waals surface area contributed by atoms with Crippen molar-refractivity contribution < 1.29 is 18.3 Å². The van der Waals surface area contributed by atoms with E-state index in [-0.39, 0.29) is 23.3 Å². The molecule has 2 unspecified atom stereocenters. The van der Waals surface area contributed by atoms with Crippen molar-refractivity contribution in [3.63, 3.8) is 0 Å². The van der Waals surface area contributed by atoms with Crippen LogP contribution in [0.2, 0.25) is 0 Å². The highest BCUT2D eigenvalue weighted by Gasteiger charge is 2.33. The molecule has 6 nitrogen and oxygen atoms in total. The van der Waals surface area contributed by atoms with E-state index < -0.39 is 15.8 Å². The molecule has 1 aromatic heterocycles. The van der Waals surface area contributed by atoms with Gasteiger partial charge in [0.1, 0.15) is 5.82 Å². The second kappa shape index (κ2) is 5.05. The second-order valence-electron chi connectivity index (χ2n) is 5.97. The summed E-state index contributed by atoms with van der Waals surface area (Å²) in [5.41, 5.74) is 2.63. The molecule has 0 aromatic carbocycles. The lowest BCUT2D eigenvalue weighted by Gasteiger charge is -2.23. The smallest absolute Gasteiger partial charge is 0.306 e. The fourth-order valence-corrected chi connectivity index (χ4v) is 4.94. The molecule has 0 radical (unpaired) electrons. The van der Waals surface area contributed by atoms with Crippen LogP contribution in [0.15, 0.2) is 0 Å². The maximum atomic E-state index is 11.6. The number of carbonyl (C=O) groups is 1. The molecule has 1 aromatic rings. The fraction of sp³-hybridized carbons (Fsp3) is 0.643. The minimum absolute atomic E-state index is 0.115. The summed E-state index contributed by atoms with van der Waals surface area (Å²) in [6.45, 7) is 1.86. The van der Waals surface area contributed by atoms with E-state index in [9.17, 15) is 13.2 Å². The molecule has 0 saturated carbocycles. The number of rotatable bonds is 2. The largest absolute Gasteiger partial charge is 0.481 e. The van der Waals surface area contributed by atoms with Crippen LogP contribution in [-0.4, -0.2) is 41.0 Å². The highest BCUT2D eigenvalue weighted by Crippen LogP contribution is 2.31. The van der Waals surface area contributed by atoms with E-state index >= 15 is 0 Å². The Kier molecular flexibility index (Phi) is 3.47. The van der Waals surface area contributed by atoms with Gasteiger partial charge in [0, 0.05) is 17.3 Å². The van der Waals surface area contributed by atoms with Gasteiger partial charge in [0.2, 0.25) is 0 Å². The minimum atomic E-state index is -2.96. The van der Waals surface area contributed by atoms with Crippen LogP contribution in [0.3, 0.4) is 0 Å². The number of hydrogen-bond acceptors (Lipinski definition) is 5. The number of carboxylic acids is 1. The Balaban J connectivity index is 1.91. The number of nitrogens with zero attached hydrogens (tertiary/aromatic N) is 2. The summed E-state index contributed by atoms with van der Waals surface area (Å²) < 4.78 is 23.2. The van der Waals surface area contributed by atoms with Gasteiger partial charge in [-0.3, -0.25) is 4.79 Å². The summed E-state index contributed by atoms with van der Waals surface area (Å²) in [6.07, 6.45) is 2.27. The van der Waals surface area contributed by atoms with E-state index in [1.165, 1.54) is 0 Å². The van der Waals surface area contributed by atoms with Gasteiger partial charge in [-0.1, -0.05) is 0 Å². The second-order valence-corrected chi connectivity index (χ2v) is 8.20. The normalized spacial score (nSPS) is 27.3. The first-order valence-corrected chi connectivity index (χ1v) is 8.97. The van der Waals surface area contributed by atoms with Crippen LogP contribution in [0.4, 0.5) is 0 Å². The SMILES string of the molecule is Cc1nc(C2CCS(=O)(=O)C2)nc2c1CC(C(=O)O)CC2. The lowest BCUT2D eigenvalue weighted by molar-refractivity contribution is -0.142. The van der Waals surface area contributed by atoms with Gasteiger partial charge in [-0.2, -0.15) is 0 Å². The molecule has 2 atom stereocenters. The van der Waals surface area contributed by atoms with Gasteiger partial charge in [0.15, 0.2) is 9.84 Å². The van der Waals surface area contributed by atoms with Crippen LogP contribution in [0.1, 0.15) is 41.5 Å². The first-order chi connectivity index (χ1) is 9.85. The number of aryl methyl sites for hydroxylation is 2. The van der Waals surface area contributed by atoms with Gasteiger partial charge in [0.25, 0.3) is 0 Å². The van der Waals surface area contributed by atoms with Gasteiger partial charge in [0.05, 0.1) is 17.4 Å². The van der Waals surface area contributed by atoms with Crippen molar-refractivity contribution in [1.29, 1.82) is 0 Å². The van der Waals surface area contributed by atoms with Gasteiger partial charge in [-0.25, -0.2) is 18.4 Å². The van der Waals surface area contributed by atoms with E-state index in [0.29, 0.717) is 31.5 Å². The van der Waals surface area contributed by atoms with Crippen LogP contribution in [0.25, 0.3) is 0 Å². The van der Waals surface area contributed by atoms with Crippen molar-refractivity contribution in [2.24, 2.45) is 5.92 Å². The molecule has 0 bridgehead atoms. The Hall–Kier alpha value is -1.50. The van der Waals surface area contributed by atoms with Gasteiger partial charge in [-0.15, -0.1) is 0 Å². The van der Waals surface area contributed by atoms with Crippen molar-refractivity contribution in [1.82, 2.24) is 9.97 Å². The molecule has 1 N–H and O–H groups in total. The highest BCUT2D eigenvalue weighted by molar-refractivity contribution is 7.91. The van der Waals surface area contributed by atoms with Crippen molar-refractivity contribution >= 4 is 15.8 Å². The molecule has 114 valence electrons. The zero-order valence-corrected chi connectivity index (χ0v) is 12.7. The average Bonchev–Trinajstić information content (AvgIpc) is 2.78. The Morgan fingerprint density at radius 3 is 2.67 bits per heavy atom. The standard InChI is InChI=1S/C14H18N2O4S/c1-8-11-6-9(14(17)18)2-3-12(11)16-13(15-8)10-4-5-21(19,20)7-10/h9-10H,2-7H2,1H3,(H,17,18). The predicted octanol–water partition coefficient (Wildman–Crippen LogP) is 0.877. The lowest BCUT2D eigenvalue weighted by Crippen LogP contribution is -2.25. The summed E-state index contributed by atoms with van der Waals surface area (Å²) in [4.78, 5) is 20.1. The molecular formula is C14H18N2O4S. The van der Waals surface area contributed by atoms with Gasteiger partial charge < -0.3 is 5.11 Å². The van der Waals surface area contributed by atoms with Crippen LogP contribution < -0.4 is 0 Å². The maximum absolute atomic E-state index is 11.6. The third-order valence-corrected chi connectivity index (χ3v) is 6.21. The molecule has 0 spiro atoms. The molecule has 7 heteroatoms. The summed E-state index contributed by atoms with van der Waals surface area (Å²) in [5.74, 6) is -0.304. The zero-order chi connectivity index (χ0) is 15.2. The van der Waals surface area contributed by atoms with Crippen LogP contribution >= 0.6 is 0 Å². The van der Waals surface area contributed by atoms with Crippen molar-refractivity contribution in [2.75, 3.05) is 11.5 Å². The highest BCUT2D eigenvalue weighted by atomic mass is 32.2. The number of sulfone groups is 1. The molecule has 2 heterocycles. The summed E-state index contributed by atoms with van der Waals surface area (Å²) in [5, 5.41) is 9.13. The molecule has 1 fully saturated rings. The molecule has 0 amide bonds. The number of aromatic nitrogens is 2. The number of carboxylic acid groups (broad SMARTS) is 1. The van der Waals surface area contributed by atoms with Gasteiger partial charge >= 0.3 is 5.97 Å². The summed E-state index contributed by atoms with van der Waals surface area (Å²) in [7, 11) is -2.96. The van der Waals surface area contributed by atoms with E-state index in [1.807, 2.05) is 6.92 Å². The fourth-order valence-electron chi connectivity index (χ4n) is 3.20. The Bertz CT molecular complexity index is 699. The molecule has 3 rings (SSSR count). The Morgan fingerprint density at radius 1 is 1.29 bits per heavy atom. The monoisotopic (exact) mass is 310 g/mol. The number of aliphatic carboxylic acids is 1. The molecule has 2 aliphatic rings. The number of hydrogen-bond donors (Lipinski definition) is 1. The van der Waals surface area contributed by atoms with E-state index in [0.717, 1.165) is 17.0 Å². The molecule has 1 saturated heterocycles. The van der Waals surface area contributed by atoms with Crippen molar-refractivity contribution in [2.45, 2.75) is 38.5 Å². The molecule has 1 aliphatic carbocycles. The summed E-state index contributed by atoms with van der Waals surface area (Å²) >= 11 is 0. The molecule has 1 aliphatic heterocycles.